The number of hydrogen-bond acceptors (Lipinski definition) is 5. The van der Waals surface area contributed by atoms with Gasteiger partial charge in [0.15, 0.2) is 18.1 Å². The Morgan fingerprint density at radius 1 is 1.23 bits per heavy atom. The zero-order valence-corrected chi connectivity index (χ0v) is 16.4. The van der Waals surface area contributed by atoms with Gasteiger partial charge in [0, 0.05) is 4.47 Å². The maximum Gasteiger partial charge on any atom is 0.277 e. The van der Waals surface area contributed by atoms with E-state index in [9.17, 15) is 4.79 Å². The van der Waals surface area contributed by atoms with Crippen LogP contribution >= 0.6 is 15.9 Å². The van der Waals surface area contributed by atoms with Gasteiger partial charge in [0.05, 0.1) is 19.4 Å². The molecule has 2 aromatic rings. The van der Waals surface area contributed by atoms with Crippen LogP contribution in [0.4, 0.5) is 0 Å². The molecule has 0 aliphatic heterocycles. The van der Waals surface area contributed by atoms with E-state index in [1.807, 2.05) is 32.0 Å². The summed E-state index contributed by atoms with van der Waals surface area (Å²) in [5.74, 6) is 1.51. The van der Waals surface area contributed by atoms with Crippen molar-refractivity contribution in [2.24, 2.45) is 5.10 Å². The van der Waals surface area contributed by atoms with Gasteiger partial charge in [-0.1, -0.05) is 22.0 Å². The summed E-state index contributed by atoms with van der Waals surface area (Å²) in [5.41, 5.74) is 3.19. The molecule has 138 valence electrons. The molecular formula is C19H21BrN2O4. The molecule has 2 rings (SSSR count). The van der Waals surface area contributed by atoms with Crippen molar-refractivity contribution in [3.05, 3.63) is 52.5 Å². The number of methoxy groups -OCH3 is 1. The van der Waals surface area contributed by atoms with Crippen LogP contribution in [0.2, 0.25) is 0 Å². The van der Waals surface area contributed by atoms with Gasteiger partial charge in [-0.15, -0.1) is 0 Å². The van der Waals surface area contributed by atoms with E-state index in [-0.39, 0.29) is 18.6 Å². The summed E-state index contributed by atoms with van der Waals surface area (Å²) in [6.45, 7) is 3.76. The molecule has 6 nitrogen and oxygen atoms in total. The number of benzene rings is 2. The minimum atomic E-state index is -0.354. The summed E-state index contributed by atoms with van der Waals surface area (Å²) in [7, 11) is 1.57. The second-order valence-electron chi connectivity index (χ2n) is 5.62. The molecule has 0 unspecified atom stereocenters. The smallest absolute Gasteiger partial charge is 0.277 e. The second kappa shape index (κ2) is 9.82. The fourth-order valence-corrected chi connectivity index (χ4v) is 2.41. The van der Waals surface area contributed by atoms with E-state index in [1.54, 1.807) is 31.4 Å². The lowest BCUT2D eigenvalue weighted by Gasteiger charge is -2.13. The zero-order valence-electron chi connectivity index (χ0n) is 14.9. The summed E-state index contributed by atoms with van der Waals surface area (Å²) < 4.78 is 17.2. The lowest BCUT2D eigenvalue weighted by Crippen LogP contribution is -2.24. The summed E-state index contributed by atoms with van der Waals surface area (Å²) in [6, 6.07) is 12.7. The topological polar surface area (TPSA) is 69.2 Å². The van der Waals surface area contributed by atoms with E-state index in [0.29, 0.717) is 17.2 Å². The van der Waals surface area contributed by atoms with Gasteiger partial charge in [0.25, 0.3) is 5.91 Å². The molecule has 26 heavy (non-hydrogen) atoms. The van der Waals surface area contributed by atoms with Crippen LogP contribution in [0.3, 0.4) is 0 Å². The molecule has 0 fully saturated rings. The minimum absolute atomic E-state index is 0.0490. The molecular weight excluding hydrogens is 400 g/mol. The Labute approximate surface area is 161 Å². The average Bonchev–Trinajstić information content (AvgIpc) is 2.61. The average molecular weight is 421 g/mol. The number of carbonyl (C=O) groups excluding carboxylic acids is 1. The van der Waals surface area contributed by atoms with Gasteiger partial charge in [0.2, 0.25) is 0 Å². The Bertz CT molecular complexity index is 778. The molecule has 0 heterocycles. The molecule has 7 heteroatoms. The van der Waals surface area contributed by atoms with Crippen molar-refractivity contribution in [1.29, 1.82) is 0 Å². The quantitative estimate of drug-likeness (QED) is 0.521. The number of halogens is 1. The molecule has 0 spiro atoms. The maximum absolute atomic E-state index is 11.8. The van der Waals surface area contributed by atoms with E-state index >= 15 is 0 Å². The normalized spacial score (nSPS) is 10.8. The Kier molecular flexibility index (Phi) is 7.47. The van der Waals surface area contributed by atoms with Gasteiger partial charge in [-0.3, -0.25) is 4.79 Å². The summed E-state index contributed by atoms with van der Waals surface area (Å²) in [6.07, 6.45) is 1.58. The van der Waals surface area contributed by atoms with Crippen LogP contribution < -0.4 is 19.6 Å². The van der Waals surface area contributed by atoms with Gasteiger partial charge in [0.1, 0.15) is 5.75 Å². The highest BCUT2D eigenvalue weighted by Gasteiger charge is 2.07. The molecule has 0 bridgehead atoms. The van der Waals surface area contributed by atoms with Gasteiger partial charge in [-0.25, -0.2) is 5.43 Å². The van der Waals surface area contributed by atoms with Crippen molar-refractivity contribution in [3.8, 4) is 17.2 Å². The van der Waals surface area contributed by atoms with E-state index in [1.165, 1.54) is 6.21 Å². The number of amides is 1. The van der Waals surface area contributed by atoms with Crippen molar-refractivity contribution in [1.82, 2.24) is 5.43 Å². The Morgan fingerprint density at radius 3 is 2.73 bits per heavy atom. The lowest BCUT2D eigenvalue weighted by atomic mass is 10.2. The van der Waals surface area contributed by atoms with Crippen LogP contribution in [0.15, 0.2) is 52.0 Å². The molecule has 0 aliphatic carbocycles. The summed E-state index contributed by atoms with van der Waals surface area (Å²) in [4.78, 5) is 11.8. The van der Waals surface area contributed by atoms with Crippen LogP contribution in [-0.2, 0) is 4.79 Å². The minimum Gasteiger partial charge on any atom is -0.493 e. The third kappa shape index (κ3) is 6.40. The fraction of sp³-hybridized carbons (Fsp3) is 0.263. The van der Waals surface area contributed by atoms with Crippen LogP contribution in [0.25, 0.3) is 0 Å². The van der Waals surface area contributed by atoms with Crippen LogP contribution in [0.5, 0.6) is 17.2 Å². The monoisotopic (exact) mass is 420 g/mol. The second-order valence-corrected chi connectivity index (χ2v) is 6.53. The third-order valence-corrected chi connectivity index (χ3v) is 3.61. The Morgan fingerprint density at radius 2 is 2.04 bits per heavy atom. The summed E-state index contributed by atoms with van der Waals surface area (Å²) in [5, 5.41) is 3.93. The first-order chi connectivity index (χ1) is 12.5. The van der Waals surface area contributed by atoms with E-state index in [4.69, 9.17) is 14.2 Å². The highest BCUT2D eigenvalue weighted by Crippen LogP contribution is 2.28. The Hall–Kier alpha value is -2.54. The first-order valence-electron chi connectivity index (χ1n) is 8.03. The molecule has 0 saturated carbocycles. The predicted octanol–water partition coefficient (Wildman–Crippen LogP) is 3.77. The number of hydrogen-bond donors (Lipinski definition) is 1. The third-order valence-electron chi connectivity index (χ3n) is 3.12. The molecule has 0 saturated heterocycles. The first-order valence-corrected chi connectivity index (χ1v) is 8.82. The van der Waals surface area contributed by atoms with Crippen molar-refractivity contribution in [2.75, 3.05) is 13.7 Å². The molecule has 2 aromatic carbocycles. The highest BCUT2D eigenvalue weighted by molar-refractivity contribution is 9.10. The van der Waals surface area contributed by atoms with Crippen LogP contribution in [-0.4, -0.2) is 31.9 Å². The van der Waals surface area contributed by atoms with Crippen molar-refractivity contribution in [3.63, 3.8) is 0 Å². The number of nitrogens with zero attached hydrogens (tertiary/aromatic N) is 1. The van der Waals surface area contributed by atoms with E-state index in [0.717, 1.165) is 10.0 Å². The first kappa shape index (κ1) is 19.8. The standard InChI is InChI=1S/C19H21BrN2O4/c1-13(2)26-17-8-7-14(9-18(17)24-3)11-21-22-19(23)12-25-16-6-4-5-15(20)10-16/h4-11,13H,12H2,1-3H3,(H,22,23)/b21-11+. The number of ether oxygens (including phenoxy) is 3. The number of rotatable bonds is 8. The van der Waals surface area contributed by atoms with Crippen molar-refractivity contribution in [2.45, 2.75) is 20.0 Å². The fourth-order valence-electron chi connectivity index (χ4n) is 2.03. The largest absolute Gasteiger partial charge is 0.493 e. The van der Waals surface area contributed by atoms with Crippen LogP contribution in [0, 0.1) is 0 Å². The zero-order chi connectivity index (χ0) is 18.9. The Balaban J connectivity index is 1.88. The highest BCUT2D eigenvalue weighted by atomic mass is 79.9. The van der Waals surface area contributed by atoms with Gasteiger partial charge < -0.3 is 14.2 Å². The number of carbonyl (C=O) groups is 1. The maximum atomic E-state index is 11.8. The van der Waals surface area contributed by atoms with E-state index < -0.39 is 0 Å². The molecule has 1 N–H and O–H groups in total. The molecule has 0 atom stereocenters. The lowest BCUT2D eigenvalue weighted by molar-refractivity contribution is -0.123. The SMILES string of the molecule is COc1cc(/C=N/NC(=O)COc2cccc(Br)c2)ccc1OC(C)C. The van der Waals surface area contributed by atoms with Crippen molar-refractivity contribution < 1.29 is 19.0 Å². The van der Waals surface area contributed by atoms with Gasteiger partial charge in [-0.05, 0) is 55.8 Å². The van der Waals surface area contributed by atoms with Crippen molar-refractivity contribution >= 4 is 28.1 Å². The van der Waals surface area contributed by atoms with Gasteiger partial charge in [-0.2, -0.15) is 5.10 Å². The van der Waals surface area contributed by atoms with Gasteiger partial charge >= 0.3 is 0 Å². The molecule has 0 aromatic heterocycles. The molecule has 0 aliphatic rings. The summed E-state index contributed by atoms with van der Waals surface area (Å²) >= 11 is 3.34. The predicted molar refractivity (Wildman–Crippen MR) is 104 cm³/mol. The van der Waals surface area contributed by atoms with Crippen LogP contribution in [0.1, 0.15) is 19.4 Å². The van der Waals surface area contributed by atoms with E-state index in [2.05, 4.69) is 26.5 Å². The molecule has 1 amide bonds. The number of hydrazone groups is 1. The number of nitrogens with one attached hydrogen (secondary N) is 1. The molecule has 0 radical (unpaired) electrons.